The number of likely N-dealkylation sites (tertiary alicyclic amines) is 1. The van der Waals surface area contributed by atoms with Crippen molar-refractivity contribution in [1.29, 1.82) is 0 Å². The van der Waals surface area contributed by atoms with Gasteiger partial charge in [-0.3, -0.25) is 9.69 Å². The van der Waals surface area contributed by atoms with Crippen LogP contribution in [0.1, 0.15) is 25.3 Å². The van der Waals surface area contributed by atoms with E-state index in [1.54, 1.807) is 0 Å². The molecule has 0 aliphatic carbocycles. The summed E-state index contributed by atoms with van der Waals surface area (Å²) in [5.41, 5.74) is 7.46. The zero-order chi connectivity index (χ0) is 13.7. The lowest BCUT2D eigenvalue weighted by molar-refractivity contribution is -0.117. The van der Waals surface area contributed by atoms with Gasteiger partial charge in [0.15, 0.2) is 0 Å². The van der Waals surface area contributed by atoms with E-state index in [4.69, 9.17) is 5.73 Å². The quantitative estimate of drug-likeness (QED) is 0.869. The summed E-state index contributed by atoms with van der Waals surface area (Å²) in [6, 6.07) is 7.70. The molecule has 0 aromatic heterocycles. The van der Waals surface area contributed by atoms with Crippen LogP contribution in [-0.4, -0.2) is 30.4 Å². The summed E-state index contributed by atoms with van der Waals surface area (Å²) in [5.74, 6) is 0.755. The van der Waals surface area contributed by atoms with E-state index in [0.29, 0.717) is 19.0 Å². The Morgan fingerprint density at radius 2 is 2.37 bits per heavy atom. The minimum absolute atomic E-state index is 0.0586. The maximum atomic E-state index is 12.0. The van der Waals surface area contributed by atoms with Crippen molar-refractivity contribution in [2.75, 3.05) is 25.0 Å². The van der Waals surface area contributed by atoms with E-state index in [1.807, 2.05) is 24.3 Å². The molecular weight excluding hydrogens is 238 g/mol. The van der Waals surface area contributed by atoms with Crippen LogP contribution >= 0.6 is 0 Å². The molecule has 0 spiro atoms. The number of hydrogen-bond donors (Lipinski definition) is 2. The maximum Gasteiger partial charge on any atom is 0.238 e. The third-order valence-electron chi connectivity index (χ3n) is 3.55. The van der Waals surface area contributed by atoms with Gasteiger partial charge in [0.2, 0.25) is 5.91 Å². The first kappa shape index (κ1) is 14.0. The molecule has 0 bridgehead atoms. The molecule has 1 aromatic carbocycles. The Hall–Kier alpha value is -1.39. The minimum atomic E-state index is 0.0586. The standard InChI is InChI=1S/C15H23N3O/c1-12-4-3-7-18(10-12)11-15(19)17-14-6-2-5-13(8-14)9-16/h2,5-6,8,12H,3-4,7,9-11,16H2,1H3,(H,17,19). The van der Waals surface area contributed by atoms with E-state index < -0.39 is 0 Å². The molecule has 4 heteroatoms. The summed E-state index contributed by atoms with van der Waals surface area (Å²) in [7, 11) is 0. The smallest absolute Gasteiger partial charge is 0.238 e. The fraction of sp³-hybridized carbons (Fsp3) is 0.533. The molecule has 0 radical (unpaired) electrons. The first-order valence-electron chi connectivity index (χ1n) is 6.98. The molecule has 1 saturated heterocycles. The molecule has 1 fully saturated rings. The van der Waals surface area contributed by atoms with Gasteiger partial charge in [0.1, 0.15) is 0 Å². The van der Waals surface area contributed by atoms with Crippen molar-refractivity contribution >= 4 is 11.6 Å². The first-order valence-corrected chi connectivity index (χ1v) is 6.98. The number of carbonyl (C=O) groups is 1. The van der Waals surface area contributed by atoms with E-state index >= 15 is 0 Å². The summed E-state index contributed by atoms with van der Waals surface area (Å²) >= 11 is 0. The lowest BCUT2D eigenvalue weighted by atomic mass is 10.0. The third kappa shape index (κ3) is 4.33. The van der Waals surface area contributed by atoms with Crippen LogP contribution in [0.25, 0.3) is 0 Å². The van der Waals surface area contributed by atoms with Gasteiger partial charge in [-0.2, -0.15) is 0 Å². The van der Waals surface area contributed by atoms with Crippen molar-refractivity contribution in [3.05, 3.63) is 29.8 Å². The predicted octanol–water partition coefficient (Wildman–Crippen LogP) is 1.82. The van der Waals surface area contributed by atoms with Crippen molar-refractivity contribution in [2.45, 2.75) is 26.3 Å². The Labute approximate surface area is 115 Å². The largest absolute Gasteiger partial charge is 0.326 e. The van der Waals surface area contributed by atoms with E-state index in [9.17, 15) is 4.79 Å². The van der Waals surface area contributed by atoms with Gasteiger partial charge in [0, 0.05) is 18.8 Å². The number of nitrogens with zero attached hydrogens (tertiary/aromatic N) is 1. The van der Waals surface area contributed by atoms with Gasteiger partial charge in [0.25, 0.3) is 0 Å². The lowest BCUT2D eigenvalue weighted by Crippen LogP contribution is -2.39. The molecule has 1 unspecified atom stereocenters. The molecule has 1 atom stereocenters. The van der Waals surface area contributed by atoms with Gasteiger partial charge in [-0.25, -0.2) is 0 Å². The maximum absolute atomic E-state index is 12.0. The molecular formula is C15H23N3O. The highest BCUT2D eigenvalue weighted by molar-refractivity contribution is 5.92. The molecule has 104 valence electrons. The normalized spacial score (nSPS) is 20.2. The van der Waals surface area contributed by atoms with Gasteiger partial charge in [0.05, 0.1) is 6.54 Å². The van der Waals surface area contributed by atoms with Gasteiger partial charge >= 0.3 is 0 Å². The van der Waals surface area contributed by atoms with Crippen molar-refractivity contribution < 1.29 is 4.79 Å². The lowest BCUT2D eigenvalue weighted by Gasteiger charge is -2.30. The summed E-state index contributed by atoms with van der Waals surface area (Å²) in [6.45, 7) is 5.27. The zero-order valence-corrected chi connectivity index (χ0v) is 11.6. The second kappa shape index (κ2) is 6.68. The van der Waals surface area contributed by atoms with Crippen molar-refractivity contribution in [1.82, 2.24) is 4.90 Å². The number of benzene rings is 1. The average Bonchev–Trinajstić information content (AvgIpc) is 2.38. The number of rotatable bonds is 4. The number of anilines is 1. The first-order chi connectivity index (χ1) is 9.17. The molecule has 1 amide bonds. The van der Waals surface area contributed by atoms with Crippen molar-refractivity contribution in [3.8, 4) is 0 Å². The fourth-order valence-electron chi connectivity index (χ4n) is 2.61. The highest BCUT2D eigenvalue weighted by atomic mass is 16.2. The van der Waals surface area contributed by atoms with Crippen LogP contribution in [0.2, 0.25) is 0 Å². The number of piperidine rings is 1. The molecule has 1 aromatic rings. The summed E-state index contributed by atoms with van der Waals surface area (Å²) in [5, 5.41) is 2.94. The average molecular weight is 261 g/mol. The van der Waals surface area contributed by atoms with Gasteiger partial charge in [-0.05, 0) is 43.0 Å². The molecule has 19 heavy (non-hydrogen) atoms. The van der Waals surface area contributed by atoms with E-state index in [2.05, 4.69) is 17.1 Å². The second-order valence-electron chi connectivity index (χ2n) is 5.44. The Morgan fingerprint density at radius 1 is 1.53 bits per heavy atom. The Morgan fingerprint density at radius 3 is 3.11 bits per heavy atom. The number of carbonyl (C=O) groups excluding carboxylic acids is 1. The van der Waals surface area contributed by atoms with Crippen LogP contribution < -0.4 is 11.1 Å². The SMILES string of the molecule is CC1CCCN(CC(=O)Nc2cccc(CN)c2)C1. The van der Waals surface area contributed by atoms with Crippen molar-refractivity contribution in [3.63, 3.8) is 0 Å². The molecule has 2 rings (SSSR count). The summed E-state index contributed by atoms with van der Waals surface area (Å²) in [6.07, 6.45) is 2.47. The molecule has 0 saturated carbocycles. The van der Waals surface area contributed by atoms with Crippen LogP contribution in [0, 0.1) is 5.92 Å². The van der Waals surface area contributed by atoms with E-state index in [-0.39, 0.29) is 5.91 Å². The Kier molecular flexibility index (Phi) is 4.93. The van der Waals surface area contributed by atoms with Crippen LogP contribution in [-0.2, 0) is 11.3 Å². The number of nitrogens with one attached hydrogen (secondary N) is 1. The monoisotopic (exact) mass is 261 g/mol. The molecule has 4 nitrogen and oxygen atoms in total. The Balaban J connectivity index is 1.86. The van der Waals surface area contributed by atoms with Gasteiger partial charge in [-0.15, -0.1) is 0 Å². The van der Waals surface area contributed by atoms with E-state index in [0.717, 1.165) is 24.3 Å². The summed E-state index contributed by atoms with van der Waals surface area (Å²) < 4.78 is 0. The summed E-state index contributed by atoms with van der Waals surface area (Å²) in [4.78, 5) is 14.2. The van der Waals surface area contributed by atoms with Crippen LogP contribution in [0.15, 0.2) is 24.3 Å². The topological polar surface area (TPSA) is 58.4 Å². The molecule has 3 N–H and O–H groups in total. The molecule has 1 aliphatic rings. The van der Waals surface area contributed by atoms with E-state index in [1.165, 1.54) is 12.8 Å². The number of hydrogen-bond acceptors (Lipinski definition) is 3. The molecule has 1 heterocycles. The minimum Gasteiger partial charge on any atom is -0.326 e. The highest BCUT2D eigenvalue weighted by Gasteiger charge is 2.18. The van der Waals surface area contributed by atoms with Gasteiger partial charge in [-0.1, -0.05) is 19.1 Å². The predicted molar refractivity (Wildman–Crippen MR) is 77.8 cm³/mol. The zero-order valence-electron chi connectivity index (χ0n) is 11.6. The van der Waals surface area contributed by atoms with Crippen LogP contribution in [0.5, 0.6) is 0 Å². The second-order valence-corrected chi connectivity index (χ2v) is 5.44. The third-order valence-corrected chi connectivity index (χ3v) is 3.55. The van der Waals surface area contributed by atoms with Crippen LogP contribution in [0.3, 0.4) is 0 Å². The fourth-order valence-corrected chi connectivity index (χ4v) is 2.61. The van der Waals surface area contributed by atoms with Crippen molar-refractivity contribution in [2.24, 2.45) is 11.7 Å². The van der Waals surface area contributed by atoms with Crippen LogP contribution in [0.4, 0.5) is 5.69 Å². The Bertz CT molecular complexity index is 433. The highest BCUT2D eigenvalue weighted by Crippen LogP contribution is 2.15. The van der Waals surface area contributed by atoms with Gasteiger partial charge < -0.3 is 11.1 Å². The molecule has 1 aliphatic heterocycles. The number of nitrogens with two attached hydrogens (primary N) is 1. The number of amides is 1.